The van der Waals surface area contributed by atoms with Crippen molar-refractivity contribution < 1.29 is 9.84 Å². The molecule has 1 rings (SSSR count). The molecule has 0 saturated carbocycles. The summed E-state index contributed by atoms with van der Waals surface area (Å²) < 4.78 is 5.65. The van der Waals surface area contributed by atoms with Crippen LogP contribution < -0.4 is 15.8 Å². The van der Waals surface area contributed by atoms with Gasteiger partial charge in [-0.15, -0.1) is 0 Å². The average molecular weight is 266 g/mol. The van der Waals surface area contributed by atoms with Gasteiger partial charge in [0.25, 0.3) is 0 Å². The van der Waals surface area contributed by atoms with Crippen LogP contribution in [-0.2, 0) is 0 Å². The highest BCUT2D eigenvalue weighted by Crippen LogP contribution is 2.31. The number of aliphatic hydroxyl groups is 1. The van der Waals surface area contributed by atoms with E-state index in [0.29, 0.717) is 17.4 Å². The van der Waals surface area contributed by atoms with E-state index in [1.165, 1.54) is 0 Å². The zero-order chi connectivity index (χ0) is 14.4. The van der Waals surface area contributed by atoms with Crippen molar-refractivity contribution >= 4 is 11.4 Å². The van der Waals surface area contributed by atoms with Crippen LogP contribution >= 0.6 is 0 Å². The number of anilines is 2. The molecule has 0 bridgehead atoms. The lowest BCUT2D eigenvalue weighted by Gasteiger charge is -2.22. The van der Waals surface area contributed by atoms with Crippen LogP contribution in [0.4, 0.5) is 11.4 Å². The first-order chi connectivity index (χ1) is 8.93. The molecular formula is C15H26N2O2. The third kappa shape index (κ3) is 4.99. The van der Waals surface area contributed by atoms with E-state index in [2.05, 4.69) is 19.2 Å². The Labute approximate surface area is 116 Å². The lowest BCUT2D eigenvalue weighted by Crippen LogP contribution is -2.26. The molecular weight excluding hydrogens is 240 g/mol. The van der Waals surface area contributed by atoms with Crippen LogP contribution in [0, 0.1) is 5.92 Å². The third-order valence-corrected chi connectivity index (χ3v) is 2.76. The summed E-state index contributed by atoms with van der Waals surface area (Å²) in [7, 11) is 0. The van der Waals surface area contributed by atoms with E-state index < -0.39 is 0 Å². The minimum Gasteiger partial charge on any atom is -0.489 e. The quantitative estimate of drug-likeness (QED) is 0.664. The van der Waals surface area contributed by atoms with Crippen molar-refractivity contribution in [2.24, 2.45) is 5.92 Å². The first-order valence-electron chi connectivity index (χ1n) is 6.86. The number of rotatable bonds is 7. The third-order valence-electron chi connectivity index (χ3n) is 2.76. The first-order valence-corrected chi connectivity index (χ1v) is 6.86. The first kappa shape index (κ1) is 15.6. The summed E-state index contributed by atoms with van der Waals surface area (Å²) in [5.74, 6) is 1.20. The minimum atomic E-state index is 0.0107. The van der Waals surface area contributed by atoms with Gasteiger partial charge in [0.05, 0.1) is 24.1 Å². The minimum absolute atomic E-state index is 0.0107. The standard InChI is InChI=1S/C15H26N2O2/c1-10(2)8-12(9-18)17-13-6-5-7-14(15(13)16)19-11(3)4/h5-7,10-12,17-18H,8-9,16H2,1-4H3. The number of benzene rings is 1. The van der Waals surface area contributed by atoms with Crippen molar-refractivity contribution in [3.8, 4) is 5.75 Å². The Morgan fingerprint density at radius 3 is 2.47 bits per heavy atom. The number of nitrogen functional groups attached to an aromatic ring is 1. The van der Waals surface area contributed by atoms with Crippen LogP contribution in [0.1, 0.15) is 34.1 Å². The molecule has 0 aliphatic carbocycles. The largest absolute Gasteiger partial charge is 0.489 e. The van der Waals surface area contributed by atoms with E-state index in [0.717, 1.165) is 12.1 Å². The van der Waals surface area contributed by atoms with Crippen LogP contribution in [-0.4, -0.2) is 23.9 Å². The Kier molecular flexibility index (Phi) is 5.96. The molecule has 1 unspecified atom stereocenters. The van der Waals surface area contributed by atoms with Crippen molar-refractivity contribution in [2.45, 2.75) is 46.3 Å². The lowest BCUT2D eigenvalue weighted by atomic mass is 10.0. The maximum Gasteiger partial charge on any atom is 0.144 e. The summed E-state index contributed by atoms with van der Waals surface area (Å²) in [6, 6.07) is 5.68. The molecule has 4 nitrogen and oxygen atoms in total. The van der Waals surface area contributed by atoms with E-state index in [1.807, 2.05) is 32.0 Å². The van der Waals surface area contributed by atoms with Gasteiger partial charge in [0, 0.05) is 6.04 Å². The molecule has 1 aromatic carbocycles. The van der Waals surface area contributed by atoms with Gasteiger partial charge in [-0.1, -0.05) is 19.9 Å². The van der Waals surface area contributed by atoms with Crippen molar-refractivity contribution in [2.75, 3.05) is 17.7 Å². The number of ether oxygens (including phenoxy) is 1. The van der Waals surface area contributed by atoms with Crippen LogP contribution in [0.25, 0.3) is 0 Å². The monoisotopic (exact) mass is 266 g/mol. The van der Waals surface area contributed by atoms with Crippen molar-refractivity contribution in [3.05, 3.63) is 18.2 Å². The van der Waals surface area contributed by atoms with Gasteiger partial charge in [-0.25, -0.2) is 0 Å². The van der Waals surface area contributed by atoms with Crippen LogP contribution in [0.3, 0.4) is 0 Å². The van der Waals surface area contributed by atoms with E-state index in [4.69, 9.17) is 10.5 Å². The Morgan fingerprint density at radius 1 is 1.26 bits per heavy atom. The van der Waals surface area contributed by atoms with Crippen LogP contribution in [0.5, 0.6) is 5.75 Å². The molecule has 4 heteroatoms. The van der Waals surface area contributed by atoms with Gasteiger partial charge in [-0.2, -0.15) is 0 Å². The predicted octanol–water partition coefficient (Wildman–Crippen LogP) is 2.87. The topological polar surface area (TPSA) is 67.5 Å². The zero-order valence-electron chi connectivity index (χ0n) is 12.3. The maximum absolute atomic E-state index is 9.41. The molecule has 0 radical (unpaired) electrons. The second-order valence-electron chi connectivity index (χ2n) is 5.54. The van der Waals surface area contributed by atoms with E-state index in [1.54, 1.807) is 0 Å². The van der Waals surface area contributed by atoms with E-state index >= 15 is 0 Å². The molecule has 108 valence electrons. The second kappa shape index (κ2) is 7.24. The van der Waals surface area contributed by atoms with Crippen molar-refractivity contribution in [1.29, 1.82) is 0 Å². The smallest absolute Gasteiger partial charge is 0.144 e. The van der Waals surface area contributed by atoms with Gasteiger partial charge in [0.15, 0.2) is 0 Å². The molecule has 0 heterocycles. The summed E-state index contributed by atoms with van der Waals surface area (Å²) in [6.07, 6.45) is 0.979. The van der Waals surface area contributed by atoms with Gasteiger partial charge in [-0.3, -0.25) is 0 Å². The SMILES string of the molecule is CC(C)CC(CO)Nc1cccc(OC(C)C)c1N. The highest BCUT2D eigenvalue weighted by Gasteiger charge is 2.13. The lowest BCUT2D eigenvalue weighted by molar-refractivity contribution is 0.243. The fourth-order valence-corrected chi connectivity index (χ4v) is 1.99. The molecule has 1 aromatic rings. The number of nitrogens with two attached hydrogens (primary N) is 1. The molecule has 0 amide bonds. The normalized spacial score (nSPS) is 12.8. The second-order valence-corrected chi connectivity index (χ2v) is 5.54. The maximum atomic E-state index is 9.41. The molecule has 1 atom stereocenters. The summed E-state index contributed by atoms with van der Waals surface area (Å²) >= 11 is 0. The van der Waals surface area contributed by atoms with Gasteiger partial charge in [0.2, 0.25) is 0 Å². The molecule has 0 saturated heterocycles. The van der Waals surface area contributed by atoms with Gasteiger partial charge >= 0.3 is 0 Å². The Morgan fingerprint density at radius 2 is 1.95 bits per heavy atom. The van der Waals surface area contributed by atoms with Crippen LogP contribution in [0.15, 0.2) is 18.2 Å². The van der Waals surface area contributed by atoms with Gasteiger partial charge < -0.3 is 20.9 Å². The Bertz CT molecular complexity index is 392. The van der Waals surface area contributed by atoms with E-state index in [9.17, 15) is 5.11 Å². The molecule has 19 heavy (non-hydrogen) atoms. The average Bonchev–Trinajstić information content (AvgIpc) is 2.32. The molecule has 0 fully saturated rings. The highest BCUT2D eigenvalue weighted by atomic mass is 16.5. The fourth-order valence-electron chi connectivity index (χ4n) is 1.99. The number of hydrogen-bond acceptors (Lipinski definition) is 4. The van der Waals surface area contributed by atoms with E-state index in [-0.39, 0.29) is 18.8 Å². The number of para-hydroxylation sites is 1. The van der Waals surface area contributed by atoms with Gasteiger partial charge in [-0.05, 0) is 38.3 Å². The number of hydrogen-bond donors (Lipinski definition) is 3. The Hall–Kier alpha value is -1.42. The zero-order valence-corrected chi connectivity index (χ0v) is 12.3. The predicted molar refractivity (Wildman–Crippen MR) is 80.6 cm³/mol. The molecule has 0 aromatic heterocycles. The molecule has 4 N–H and O–H groups in total. The summed E-state index contributed by atoms with van der Waals surface area (Å²) in [4.78, 5) is 0. The molecule has 0 spiro atoms. The molecule has 0 aliphatic heterocycles. The van der Waals surface area contributed by atoms with Crippen molar-refractivity contribution in [3.63, 3.8) is 0 Å². The summed E-state index contributed by atoms with van der Waals surface area (Å²) in [6.45, 7) is 8.29. The molecule has 0 aliphatic rings. The highest BCUT2D eigenvalue weighted by molar-refractivity contribution is 5.73. The van der Waals surface area contributed by atoms with Crippen molar-refractivity contribution in [1.82, 2.24) is 0 Å². The van der Waals surface area contributed by atoms with Crippen LogP contribution in [0.2, 0.25) is 0 Å². The van der Waals surface area contributed by atoms with Gasteiger partial charge in [0.1, 0.15) is 5.75 Å². The number of nitrogens with one attached hydrogen (secondary N) is 1. The number of aliphatic hydroxyl groups excluding tert-OH is 1. The fraction of sp³-hybridized carbons (Fsp3) is 0.600. The Balaban J connectivity index is 2.82. The summed E-state index contributed by atoms with van der Waals surface area (Å²) in [5.41, 5.74) is 7.51. The summed E-state index contributed by atoms with van der Waals surface area (Å²) in [5, 5.41) is 12.7.